The van der Waals surface area contributed by atoms with Crippen molar-refractivity contribution >= 4 is 23.5 Å². The summed E-state index contributed by atoms with van der Waals surface area (Å²) in [6, 6.07) is 5.84. The highest BCUT2D eigenvalue weighted by molar-refractivity contribution is 6.01. The second-order valence-electron chi connectivity index (χ2n) is 7.63. The third-order valence-corrected chi connectivity index (χ3v) is 4.88. The van der Waals surface area contributed by atoms with Crippen molar-refractivity contribution in [3.63, 3.8) is 0 Å². The highest BCUT2D eigenvalue weighted by Gasteiger charge is 2.17. The van der Waals surface area contributed by atoms with Gasteiger partial charge in [-0.2, -0.15) is 0 Å². The lowest BCUT2D eigenvalue weighted by molar-refractivity contribution is -0.141. The standard InChI is InChI=1S/C13H16O4.C12H14O5/c1-8-6-9(2)13(11(15)7-8)10(14)4-5-12(16)17-3;1-7-5-8(13)6-10(15)12(7)9(14)3-4-11(16)17-2/h6-7,15H,4-5H2,1-3H3;5-6,13,15H,3-4H2,1-2H3. The van der Waals surface area contributed by atoms with Crippen molar-refractivity contribution in [2.45, 2.75) is 46.5 Å². The minimum atomic E-state index is -0.478. The average Bonchev–Trinajstić information content (AvgIpc) is 2.74. The Morgan fingerprint density at radius 1 is 0.647 bits per heavy atom. The molecule has 0 spiro atoms. The van der Waals surface area contributed by atoms with Crippen molar-refractivity contribution in [1.82, 2.24) is 0 Å². The van der Waals surface area contributed by atoms with Crippen molar-refractivity contribution in [3.05, 3.63) is 52.1 Å². The van der Waals surface area contributed by atoms with E-state index in [0.29, 0.717) is 11.1 Å². The summed E-state index contributed by atoms with van der Waals surface area (Å²) in [5.41, 5.74) is 2.51. The normalized spacial score (nSPS) is 10.0. The molecule has 2 rings (SSSR count). The van der Waals surface area contributed by atoms with Crippen LogP contribution in [0.4, 0.5) is 0 Å². The number of carbonyl (C=O) groups excluding carboxylic acids is 4. The number of aryl methyl sites for hydroxylation is 3. The molecular weight excluding hydrogens is 444 g/mol. The van der Waals surface area contributed by atoms with E-state index in [1.807, 2.05) is 13.0 Å². The fourth-order valence-corrected chi connectivity index (χ4v) is 3.31. The molecule has 0 saturated carbocycles. The van der Waals surface area contributed by atoms with E-state index >= 15 is 0 Å². The van der Waals surface area contributed by atoms with Gasteiger partial charge in [0.1, 0.15) is 17.2 Å². The molecule has 0 aliphatic rings. The Hall–Kier alpha value is -3.88. The van der Waals surface area contributed by atoms with Crippen molar-refractivity contribution in [2.75, 3.05) is 14.2 Å². The molecule has 0 fully saturated rings. The monoisotopic (exact) mass is 474 g/mol. The summed E-state index contributed by atoms with van der Waals surface area (Å²) < 4.78 is 8.88. The molecule has 0 heterocycles. The first-order valence-corrected chi connectivity index (χ1v) is 10.4. The predicted octanol–water partition coefficient (Wildman–Crippen LogP) is 3.69. The second kappa shape index (κ2) is 13.0. The molecule has 0 bridgehead atoms. The van der Waals surface area contributed by atoms with Crippen LogP contribution in [0.25, 0.3) is 0 Å². The Labute approximate surface area is 197 Å². The summed E-state index contributed by atoms with van der Waals surface area (Å²) >= 11 is 0. The fourth-order valence-electron chi connectivity index (χ4n) is 3.31. The molecule has 0 unspecified atom stereocenters. The number of phenolic OH excluding ortho intramolecular Hbond substituents is 3. The number of aromatic hydroxyl groups is 3. The average molecular weight is 475 g/mol. The van der Waals surface area contributed by atoms with Crippen LogP contribution < -0.4 is 0 Å². The number of carbonyl (C=O) groups is 4. The first kappa shape index (κ1) is 28.2. The van der Waals surface area contributed by atoms with E-state index in [1.165, 1.54) is 20.3 Å². The minimum Gasteiger partial charge on any atom is -0.508 e. The van der Waals surface area contributed by atoms with Gasteiger partial charge in [-0.15, -0.1) is 0 Å². The van der Waals surface area contributed by atoms with Crippen LogP contribution in [0, 0.1) is 20.8 Å². The Balaban J connectivity index is 0.000000340. The number of benzene rings is 2. The number of Topliss-reactive ketones (excluding diaryl/α,β-unsaturated/α-hetero) is 2. The van der Waals surface area contributed by atoms with Gasteiger partial charge in [0.25, 0.3) is 0 Å². The third kappa shape index (κ3) is 8.23. The number of hydrogen-bond acceptors (Lipinski definition) is 9. The molecule has 9 nitrogen and oxygen atoms in total. The van der Waals surface area contributed by atoms with Crippen molar-refractivity contribution in [2.24, 2.45) is 0 Å². The van der Waals surface area contributed by atoms with Gasteiger partial charge in [0, 0.05) is 18.9 Å². The lowest BCUT2D eigenvalue weighted by Crippen LogP contribution is -2.07. The topological polar surface area (TPSA) is 147 Å². The fraction of sp³-hybridized carbons (Fsp3) is 0.360. The van der Waals surface area contributed by atoms with Crippen LogP contribution in [0.2, 0.25) is 0 Å². The van der Waals surface area contributed by atoms with E-state index in [0.717, 1.165) is 17.2 Å². The van der Waals surface area contributed by atoms with Crippen molar-refractivity contribution in [3.8, 4) is 17.2 Å². The molecule has 2 aromatic carbocycles. The van der Waals surface area contributed by atoms with E-state index in [9.17, 15) is 34.5 Å². The molecular formula is C25H30O9. The molecule has 34 heavy (non-hydrogen) atoms. The summed E-state index contributed by atoms with van der Waals surface area (Å²) in [5.74, 6) is -1.92. The van der Waals surface area contributed by atoms with Crippen LogP contribution in [0.3, 0.4) is 0 Å². The zero-order valence-corrected chi connectivity index (χ0v) is 19.9. The van der Waals surface area contributed by atoms with Crippen molar-refractivity contribution in [1.29, 1.82) is 0 Å². The molecule has 2 aromatic rings. The number of rotatable bonds is 8. The Kier molecular flexibility index (Phi) is 10.7. The first-order chi connectivity index (χ1) is 15.9. The molecule has 0 radical (unpaired) electrons. The number of esters is 2. The quantitative estimate of drug-likeness (QED) is 0.385. The molecule has 0 aliphatic carbocycles. The molecule has 3 N–H and O–H groups in total. The number of ketones is 2. The van der Waals surface area contributed by atoms with Gasteiger partial charge in [0.2, 0.25) is 0 Å². The van der Waals surface area contributed by atoms with Crippen LogP contribution in [-0.2, 0) is 19.1 Å². The first-order valence-electron chi connectivity index (χ1n) is 10.4. The van der Waals surface area contributed by atoms with Crippen LogP contribution in [-0.4, -0.2) is 53.0 Å². The highest BCUT2D eigenvalue weighted by Crippen LogP contribution is 2.28. The maximum Gasteiger partial charge on any atom is 0.305 e. The van der Waals surface area contributed by atoms with Crippen LogP contribution in [0.15, 0.2) is 24.3 Å². The third-order valence-electron chi connectivity index (χ3n) is 4.88. The number of hydrogen-bond donors (Lipinski definition) is 3. The summed E-state index contributed by atoms with van der Waals surface area (Å²) in [7, 11) is 2.53. The SMILES string of the molecule is COC(=O)CCC(=O)c1c(C)cc(C)cc1O.COC(=O)CCC(=O)c1c(C)cc(O)cc1O. The van der Waals surface area contributed by atoms with E-state index < -0.39 is 11.9 Å². The largest absolute Gasteiger partial charge is 0.508 e. The maximum atomic E-state index is 11.9. The summed E-state index contributed by atoms with van der Waals surface area (Å²) in [4.78, 5) is 45.4. The number of methoxy groups -OCH3 is 2. The van der Waals surface area contributed by atoms with Gasteiger partial charge in [-0.05, 0) is 49.6 Å². The number of phenols is 3. The maximum absolute atomic E-state index is 11.9. The molecule has 0 aromatic heterocycles. The zero-order chi connectivity index (χ0) is 26.0. The lowest BCUT2D eigenvalue weighted by atomic mass is 9.98. The van der Waals surface area contributed by atoms with E-state index in [1.54, 1.807) is 19.9 Å². The molecule has 0 amide bonds. The van der Waals surface area contributed by atoms with Crippen LogP contribution in [0.5, 0.6) is 17.2 Å². The Bertz CT molecular complexity index is 939. The zero-order valence-electron chi connectivity index (χ0n) is 19.9. The molecule has 184 valence electrons. The minimum absolute atomic E-state index is 0.0299. The van der Waals surface area contributed by atoms with Gasteiger partial charge >= 0.3 is 11.9 Å². The van der Waals surface area contributed by atoms with Gasteiger partial charge in [0.15, 0.2) is 11.6 Å². The Morgan fingerprint density at radius 3 is 1.44 bits per heavy atom. The summed E-state index contributed by atoms with van der Waals surface area (Å²) in [6.07, 6.45) is 0.00711. The van der Waals surface area contributed by atoms with Crippen LogP contribution >= 0.6 is 0 Å². The van der Waals surface area contributed by atoms with E-state index in [2.05, 4.69) is 9.47 Å². The molecule has 0 atom stereocenters. The molecule has 9 heteroatoms. The smallest absolute Gasteiger partial charge is 0.305 e. The van der Waals surface area contributed by atoms with Gasteiger partial charge in [-0.1, -0.05) is 6.07 Å². The summed E-state index contributed by atoms with van der Waals surface area (Å²) in [5, 5.41) is 28.5. The molecule has 0 saturated heterocycles. The highest BCUT2D eigenvalue weighted by atomic mass is 16.5. The summed E-state index contributed by atoms with van der Waals surface area (Å²) in [6.45, 7) is 5.21. The second-order valence-corrected chi connectivity index (χ2v) is 7.63. The lowest BCUT2D eigenvalue weighted by Gasteiger charge is -2.08. The van der Waals surface area contributed by atoms with Crippen LogP contribution in [0.1, 0.15) is 63.1 Å². The molecule has 0 aliphatic heterocycles. The van der Waals surface area contributed by atoms with Gasteiger partial charge in [-0.25, -0.2) is 0 Å². The Morgan fingerprint density at radius 2 is 1.06 bits per heavy atom. The predicted molar refractivity (Wildman–Crippen MR) is 123 cm³/mol. The van der Waals surface area contributed by atoms with E-state index in [4.69, 9.17) is 0 Å². The number of ether oxygens (including phenoxy) is 2. The van der Waals surface area contributed by atoms with Gasteiger partial charge in [0.05, 0.1) is 38.2 Å². The van der Waals surface area contributed by atoms with Crippen molar-refractivity contribution < 1.29 is 44.0 Å². The van der Waals surface area contributed by atoms with Gasteiger partial charge in [-0.3, -0.25) is 19.2 Å². The van der Waals surface area contributed by atoms with Gasteiger partial charge < -0.3 is 24.8 Å². The van der Waals surface area contributed by atoms with E-state index in [-0.39, 0.29) is 60.1 Å².